The van der Waals surface area contributed by atoms with Gasteiger partial charge >= 0.3 is 0 Å². The summed E-state index contributed by atoms with van der Waals surface area (Å²) in [5.41, 5.74) is 2.19. The average Bonchev–Trinajstić information content (AvgIpc) is 3.17. The molecule has 0 radical (unpaired) electrons. The minimum absolute atomic E-state index is 0.109. The highest BCUT2D eigenvalue weighted by Gasteiger charge is 2.09. The molecule has 0 aliphatic heterocycles. The molecule has 23 heavy (non-hydrogen) atoms. The van der Waals surface area contributed by atoms with Crippen LogP contribution in [0.1, 0.15) is 29.5 Å². The lowest BCUT2D eigenvalue weighted by Crippen LogP contribution is -2.25. The number of carbonyl (C=O) groups is 1. The maximum absolute atomic E-state index is 12.2. The number of nitrogens with zero attached hydrogens (tertiary/aromatic N) is 5. The maximum atomic E-state index is 12.2. The summed E-state index contributed by atoms with van der Waals surface area (Å²) in [7, 11) is 1.84. The van der Waals surface area contributed by atoms with Gasteiger partial charge in [-0.05, 0) is 12.5 Å². The predicted octanol–water partition coefficient (Wildman–Crippen LogP) is 1.55. The van der Waals surface area contributed by atoms with E-state index in [9.17, 15) is 4.79 Å². The first-order valence-electron chi connectivity index (χ1n) is 7.75. The lowest BCUT2D eigenvalue weighted by molar-refractivity contribution is 0.0952. The van der Waals surface area contributed by atoms with Gasteiger partial charge in [-0.3, -0.25) is 14.5 Å². The van der Waals surface area contributed by atoms with Crippen molar-refractivity contribution in [3.8, 4) is 0 Å². The van der Waals surface area contributed by atoms with E-state index in [0.29, 0.717) is 12.1 Å². The van der Waals surface area contributed by atoms with Crippen molar-refractivity contribution in [2.45, 2.75) is 26.3 Å². The van der Waals surface area contributed by atoms with Gasteiger partial charge in [0.2, 0.25) is 0 Å². The summed E-state index contributed by atoms with van der Waals surface area (Å²) in [6.45, 7) is 3.55. The van der Waals surface area contributed by atoms with E-state index in [2.05, 4.69) is 31.9 Å². The average molecular weight is 312 g/mol. The topological polar surface area (TPSA) is 77.6 Å². The highest BCUT2D eigenvalue weighted by Crippen LogP contribution is 2.11. The molecule has 7 heteroatoms. The van der Waals surface area contributed by atoms with Crippen LogP contribution in [0.2, 0.25) is 0 Å². The molecular weight excluding hydrogens is 292 g/mol. The Labute approximate surface area is 134 Å². The van der Waals surface area contributed by atoms with E-state index in [4.69, 9.17) is 0 Å². The molecule has 0 bridgehead atoms. The molecule has 7 nitrogen and oxygen atoms in total. The summed E-state index contributed by atoms with van der Waals surface area (Å²) in [5, 5.41) is 7.06. The normalized spacial score (nSPS) is 11.0. The summed E-state index contributed by atoms with van der Waals surface area (Å²) in [6.07, 6.45) is 8.83. The number of hydrogen-bond donors (Lipinski definition) is 1. The van der Waals surface area contributed by atoms with Gasteiger partial charge in [-0.15, -0.1) is 0 Å². The van der Waals surface area contributed by atoms with E-state index in [1.165, 1.54) is 0 Å². The number of rotatable bonds is 6. The summed E-state index contributed by atoms with van der Waals surface area (Å²) in [4.78, 5) is 20.8. The highest BCUT2D eigenvalue weighted by molar-refractivity contribution is 5.96. The Balaban J connectivity index is 1.55. The monoisotopic (exact) mass is 312 g/mol. The zero-order chi connectivity index (χ0) is 16.2. The Bertz CT molecular complexity index is 819. The zero-order valence-corrected chi connectivity index (χ0v) is 13.4. The highest BCUT2D eigenvalue weighted by atomic mass is 16.1. The quantitative estimate of drug-likeness (QED) is 0.701. The first-order chi connectivity index (χ1) is 11.2. The van der Waals surface area contributed by atoms with Gasteiger partial charge in [0.25, 0.3) is 5.91 Å². The van der Waals surface area contributed by atoms with Gasteiger partial charge in [-0.25, -0.2) is 4.98 Å². The second-order valence-electron chi connectivity index (χ2n) is 5.40. The molecule has 0 aromatic carbocycles. The van der Waals surface area contributed by atoms with Crippen molar-refractivity contribution < 1.29 is 4.79 Å². The molecule has 1 amide bonds. The SMILES string of the molecule is CCc1nccn1CCCNC(=O)c1cnc2cnn(C)c2c1. The van der Waals surface area contributed by atoms with Crippen LogP contribution in [-0.2, 0) is 20.0 Å². The van der Waals surface area contributed by atoms with Crippen molar-refractivity contribution in [1.29, 1.82) is 0 Å². The number of aromatic nitrogens is 5. The van der Waals surface area contributed by atoms with Crippen LogP contribution in [0.15, 0.2) is 30.9 Å². The van der Waals surface area contributed by atoms with Crippen molar-refractivity contribution in [3.63, 3.8) is 0 Å². The lowest BCUT2D eigenvalue weighted by Gasteiger charge is -2.08. The first-order valence-corrected chi connectivity index (χ1v) is 7.75. The fourth-order valence-electron chi connectivity index (χ4n) is 2.56. The number of pyridine rings is 1. The first kappa shape index (κ1) is 15.2. The van der Waals surface area contributed by atoms with Crippen molar-refractivity contribution in [2.75, 3.05) is 6.54 Å². The number of fused-ring (bicyclic) bond motifs is 1. The number of hydrogen-bond acceptors (Lipinski definition) is 4. The summed E-state index contributed by atoms with van der Waals surface area (Å²) in [6, 6.07) is 1.82. The Morgan fingerprint density at radius 3 is 3.00 bits per heavy atom. The molecule has 0 unspecified atom stereocenters. The minimum atomic E-state index is -0.109. The molecule has 120 valence electrons. The van der Waals surface area contributed by atoms with Crippen LogP contribution in [0, 0.1) is 0 Å². The van der Waals surface area contributed by atoms with Crippen molar-refractivity contribution >= 4 is 16.9 Å². The van der Waals surface area contributed by atoms with Crippen molar-refractivity contribution in [1.82, 2.24) is 29.6 Å². The summed E-state index contributed by atoms with van der Waals surface area (Å²) < 4.78 is 3.83. The fourth-order valence-corrected chi connectivity index (χ4v) is 2.56. The Morgan fingerprint density at radius 2 is 2.17 bits per heavy atom. The Morgan fingerprint density at radius 1 is 1.30 bits per heavy atom. The van der Waals surface area contributed by atoms with Crippen molar-refractivity contribution in [2.24, 2.45) is 7.05 Å². The minimum Gasteiger partial charge on any atom is -0.352 e. The van der Waals surface area contributed by atoms with E-state index < -0.39 is 0 Å². The van der Waals surface area contributed by atoms with E-state index in [-0.39, 0.29) is 5.91 Å². The van der Waals surface area contributed by atoms with Gasteiger partial charge in [-0.1, -0.05) is 6.92 Å². The third kappa shape index (κ3) is 3.23. The summed E-state index contributed by atoms with van der Waals surface area (Å²) in [5.74, 6) is 0.962. The molecule has 0 aliphatic carbocycles. The van der Waals surface area contributed by atoms with Gasteiger partial charge in [0.15, 0.2) is 0 Å². The molecule has 0 saturated heterocycles. The van der Waals surface area contributed by atoms with Crippen LogP contribution in [-0.4, -0.2) is 36.8 Å². The third-order valence-electron chi connectivity index (χ3n) is 3.84. The molecule has 3 aromatic rings. The van der Waals surface area contributed by atoms with Crippen LogP contribution in [0.3, 0.4) is 0 Å². The van der Waals surface area contributed by atoms with Gasteiger partial charge in [0.05, 0.1) is 17.3 Å². The van der Waals surface area contributed by atoms with E-state index >= 15 is 0 Å². The van der Waals surface area contributed by atoms with E-state index in [0.717, 1.165) is 36.2 Å². The predicted molar refractivity (Wildman–Crippen MR) is 87.1 cm³/mol. The molecule has 1 N–H and O–H groups in total. The number of imidazole rings is 1. The number of nitrogens with one attached hydrogen (secondary N) is 1. The molecule has 0 aliphatic rings. The maximum Gasteiger partial charge on any atom is 0.252 e. The van der Waals surface area contributed by atoms with Gasteiger partial charge < -0.3 is 9.88 Å². The molecule has 0 spiro atoms. The molecule has 3 heterocycles. The van der Waals surface area contributed by atoms with Crippen LogP contribution >= 0.6 is 0 Å². The molecule has 3 aromatic heterocycles. The van der Waals surface area contributed by atoms with Gasteiger partial charge in [0.1, 0.15) is 11.3 Å². The van der Waals surface area contributed by atoms with Gasteiger partial charge in [-0.2, -0.15) is 5.10 Å². The lowest BCUT2D eigenvalue weighted by atomic mass is 10.2. The molecule has 0 saturated carbocycles. The van der Waals surface area contributed by atoms with E-state index in [1.54, 1.807) is 17.1 Å². The standard InChI is InChI=1S/C16H20N6O/c1-3-15-17-6-8-22(15)7-4-5-18-16(23)12-9-14-13(19-10-12)11-20-21(14)2/h6,8-11H,3-5,7H2,1-2H3,(H,18,23). The van der Waals surface area contributed by atoms with Crippen LogP contribution in [0.4, 0.5) is 0 Å². The van der Waals surface area contributed by atoms with Crippen LogP contribution in [0.25, 0.3) is 11.0 Å². The van der Waals surface area contributed by atoms with E-state index in [1.807, 2.05) is 25.5 Å². The number of amides is 1. The molecule has 0 atom stereocenters. The van der Waals surface area contributed by atoms with Crippen LogP contribution < -0.4 is 5.32 Å². The molecule has 3 rings (SSSR count). The zero-order valence-electron chi connectivity index (χ0n) is 13.4. The third-order valence-corrected chi connectivity index (χ3v) is 3.84. The fraction of sp³-hybridized carbons (Fsp3) is 0.375. The molecular formula is C16H20N6O. The number of aryl methyl sites for hydroxylation is 3. The summed E-state index contributed by atoms with van der Waals surface area (Å²) >= 11 is 0. The Hall–Kier alpha value is -2.70. The second kappa shape index (κ2) is 6.60. The van der Waals surface area contributed by atoms with Crippen LogP contribution in [0.5, 0.6) is 0 Å². The Kier molecular flexibility index (Phi) is 4.36. The van der Waals surface area contributed by atoms with Crippen molar-refractivity contribution in [3.05, 3.63) is 42.2 Å². The number of carbonyl (C=O) groups excluding carboxylic acids is 1. The van der Waals surface area contributed by atoms with Gasteiger partial charge in [0, 0.05) is 45.1 Å². The smallest absolute Gasteiger partial charge is 0.252 e. The molecule has 0 fully saturated rings. The second-order valence-corrected chi connectivity index (χ2v) is 5.40. The largest absolute Gasteiger partial charge is 0.352 e.